The van der Waals surface area contributed by atoms with Gasteiger partial charge in [-0.3, -0.25) is 13.7 Å². The lowest BCUT2D eigenvalue weighted by atomic mass is 10.0. The van der Waals surface area contributed by atoms with Crippen LogP contribution in [0, 0.1) is 0 Å². The highest BCUT2D eigenvalue weighted by molar-refractivity contribution is 7.69. The Kier molecular flexibility index (Phi) is 10.5. The van der Waals surface area contributed by atoms with E-state index in [1.807, 2.05) is 127 Å². The SMILES string of the molecule is CC(COc1nc(OCC(C)P2(=O)Oc3ccccc3-c3ccccc32)nc(OCC(C)P2(=O)Oc3ccccc3-c3ccccc32)n1)P1(=O)Oc2ccccc2-c2ccccc21. The molecule has 0 amide bonds. The van der Waals surface area contributed by atoms with E-state index >= 15 is 0 Å². The number of ether oxygens (including phenoxy) is 3. The Morgan fingerprint density at radius 2 is 0.619 bits per heavy atom. The minimum absolute atomic E-state index is 0.109. The van der Waals surface area contributed by atoms with Crippen molar-refractivity contribution >= 4 is 38.0 Å². The van der Waals surface area contributed by atoms with Crippen LogP contribution in [0.3, 0.4) is 0 Å². The lowest BCUT2D eigenvalue weighted by Gasteiger charge is -2.32. The van der Waals surface area contributed by atoms with Crippen LogP contribution in [-0.4, -0.2) is 51.7 Å². The molecule has 1 aromatic heterocycles. The fourth-order valence-corrected chi connectivity index (χ4v) is 15.1. The molecular formula is C48H42N3O9P3. The molecule has 0 N–H and O–H groups in total. The first-order valence-electron chi connectivity index (χ1n) is 20.6. The van der Waals surface area contributed by atoms with Gasteiger partial charge in [0.05, 0.1) is 32.9 Å². The average molecular weight is 898 g/mol. The van der Waals surface area contributed by atoms with Crippen molar-refractivity contribution in [1.29, 1.82) is 0 Å². The molecule has 7 aromatic rings. The van der Waals surface area contributed by atoms with Crippen LogP contribution >= 0.6 is 22.1 Å². The van der Waals surface area contributed by atoms with E-state index in [1.165, 1.54) is 0 Å². The number of hydrogen-bond donors (Lipinski definition) is 0. The molecule has 6 atom stereocenters. The number of aromatic nitrogens is 3. The van der Waals surface area contributed by atoms with Crippen molar-refractivity contribution in [2.45, 2.75) is 37.7 Å². The molecule has 3 aliphatic heterocycles. The summed E-state index contributed by atoms with van der Waals surface area (Å²) in [5.74, 6) is 1.58. The zero-order chi connectivity index (χ0) is 43.3. The van der Waals surface area contributed by atoms with E-state index in [4.69, 9.17) is 27.8 Å². The van der Waals surface area contributed by atoms with Crippen molar-refractivity contribution in [2.24, 2.45) is 0 Å². The quantitative estimate of drug-likeness (QED) is 0.108. The molecule has 0 aliphatic carbocycles. The third kappa shape index (κ3) is 7.20. The first kappa shape index (κ1) is 40.9. The molecule has 15 heteroatoms. The summed E-state index contributed by atoms with van der Waals surface area (Å²) in [5, 5.41) is 1.79. The largest absolute Gasteiger partial charge is 0.462 e. The summed E-state index contributed by atoms with van der Waals surface area (Å²) in [6.45, 7) is 5.05. The van der Waals surface area contributed by atoms with Gasteiger partial charge in [-0.25, -0.2) is 0 Å². The standard InChI is InChI=1S/C48H42N3O9P3/c1-31(61(52)43-25-13-7-19-37(43)34-16-4-10-22-40(34)58-61)28-55-46-49-47(56-29-32(2)62(53)44-26-14-8-20-38(44)35-17-5-11-23-41(35)59-62)51-48(50-46)57-30-33(3)63(54)45-27-15-9-21-39(45)36-18-6-12-24-42(36)60-63/h4-27,31-33H,28-30H2,1-3H3. The van der Waals surface area contributed by atoms with Crippen molar-refractivity contribution < 1.29 is 41.5 Å². The minimum Gasteiger partial charge on any atom is -0.462 e. The summed E-state index contributed by atoms with van der Waals surface area (Å²) in [6.07, 6.45) is 0. The highest BCUT2D eigenvalue weighted by Gasteiger charge is 2.44. The number of benzene rings is 6. The van der Waals surface area contributed by atoms with Crippen LogP contribution in [0.1, 0.15) is 20.8 Å². The molecule has 0 saturated heterocycles. The van der Waals surface area contributed by atoms with Gasteiger partial charge in [0.15, 0.2) is 0 Å². The Hall–Kier alpha value is -6.18. The number of fused-ring (bicyclic) bond motifs is 9. The van der Waals surface area contributed by atoms with Crippen LogP contribution in [0.25, 0.3) is 33.4 Å². The molecule has 10 rings (SSSR count). The second kappa shape index (κ2) is 16.2. The molecule has 0 radical (unpaired) electrons. The molecule has 3 aliphatic rings. The highest BCUT2D eigenvalue weighted by atomic mass is 31.2. The lowest BCUT2D eigenvalue weighted by molar-refractivity contribution is 0.233. The second-order valence-corrected chi connectivity index (χ2v) is 24.0. The molecule has 0 fully saturated rings. The van der Waals surface area contributed by atoms with Crippen LogP contribution in [0.5, 0.6) is 35.3 Å². The fourth-order valence-electron chi connectivity index (χ4n) is 8.19. The van der Waals surface area contributed by atoms with E-state index in [-0.39, 0.29) is 37.9 Å². The van der Waals surface area contributed by atoms with E-state index in [2.05, 4.69) is 15.0 Å². The van der Waals surface area contributed by atoms with E-state index in [9.17, 15) is 13.7 Å². The van der Waals surface area contributed by atoms with Gasteiger partial charge in [-0.15, -0.1) is 15.0 Å². The van der Waals surface area contributed by atoms with Crippen LogP contribution in [0.2, 0.25) is 0 Å². The van der Waals surface area contributed by atoms with Crippen molar-refractivity contribution in [1.82, 2.24) is 15.0 Å². The number of para-hydroxylation sites is 3. The first-order chi connectivity index (χ1) is 30.5. The monoisotopic (exact) mass is 897 g/mol. The number of hydrogen-bond acceptors (Lipinski definition) is 12. The predicted molar refractivity (Wildman–Crippen MR) is 244 cm³/mol. The van der Waals surface area contributed by atoms with Gasteiger partial charge in [0.2, 0.25) is 0 Å². The van der Waals surface area contributed by atoms with Crippen LogP contribution in [0.15, 0.2) is 146 Å². The molecule has 0 bridgehead atoms. The maximum atomic E-state index is 14.8. The maximum absolute atomic E-state index is 14.8. The summed E-state index contributed by atoms with van der Waals surface area (Å²) in [6, 6.07) is 44.5. The normalized spacial score (nSPS) is 21.4. The predicted octanol–water partition coefficient (Wildman–Crippen LogP) is 10.2. The topological polar surface area (TPSA) is 145 Å². The molecule has 0 saturated carbocycles. The molecule has 63 heavy (non-hydrogen) atoms. The maximum Gasteiger partial charge on any atom is 0.325 e. The average Bonchev–Trinajstić information content (AvgIpc) is 3.32. The smallest absolute Gasteiger partial charge is 0.325 e. The minimum atomic E-state index is -3.53. The van der Waals surface area contributed by atoms with Gasteiger partial charge in [0.1, 0.15) is 37.1 Å². The van der Waals surface area contributed by atoms with Crippen LogP contribution < -0.4 is 43.7 Å². The molecule has 4 heterocycles. The van der Waals surface area contributed by atoms with Gasteiger partial charge in [-0.05, 0) is 73.9 Å². The zero-order valence-corrected chi connectivity index (χ0v) is 37.3. The molecule has 6 aromatic carbocycles. The first-order valence-corrected chi connectivity index (χ1v) is 25.7. The van der Waals surface area contributed by atoms with Crippen molar-refractivity contribution in [3.63, 3.8) is 0 Å². The van der Waals surface area contributed by atoms with Crippen LogP contribution in [-0.2, 0) is 13.7 Å². The van der Waals surface area contributed by atoms with E-state index in [1.54, 1.807) is 39.0 Å². The Bertz CT molecular complexity index is 2720. The molecule has 6 unspecified atom stereocenters. The van der Waals surface area contributed by atoms with Crippen LogP contribution in [0.4, 0.5) is 0 Å². The fraction of sp³-hybridized carbons (Fsp3) is 0.188. The summed E-state index contributed by atoms with van der Waals surface area (Å²) in [5.41, 5.74) is 3.15. The number of rotatable bonds is 12. The third-order valence-electron chi connectivity index (χ3n) is 11.6. The van der Waals surface area contributed by atoms with Gasteiger partial charge in [-0.2, -0.15) is 0 Å². The Morgan fingerprint density at radius 3 is 0.905 bits per heavy atom. The van der Waals surface area contributed by atoms with Crippen molar-refractivity contribution in [2.75, 3.05) is 19.8 Å². The van der Waals surface area contributed by atoms with E-state index in [0.29, 0.717) is 33.2 Å². The molecule has 0 spiro atoms. The Morgan fingerprint density at radius 1 is 0.381 bits per heavy atom. The van der Waals surface area contributed by atoms with Crippen molar-refractivity contribution in [3.8, 4) is 68.7 Å². The Balaban J connectivity index is 0.926. The highest BCUT2D eigenvalue weighted by Crippen LogP contribution is 2.60. The van der Waals surface area contributed by atoms with Gasteiger partial charge >= 0.3 is 18.0 Å². The molecular weight excluding hydrogens is 855 g/mol. The summed E-state index contributed by atoms with van der Waals surface area (Å²) in [4.78, 5) is 13.4. The summed E-state index contributed by atoms with van der Waals surface area (Å²) < 4.78 is 82.0. The van der Waals surface area contributed by atoms with Gasteiger partial charge in [-0.1, -0.05) is 109 Å². The molecule has 318 valence electrons. The van der Waals surface area contributed by atoms with Gasteiger partial charge in [0.25, 0.3) is 22.1 Å². The van der Waals surface area contributed by atoms with Crippen molar-refractivity contribution in [3.05, 3.63) is 146 Å². The molecule has 12 nitrogen and oxygen atoms in total. The summed E-state index contributed by atoms with van der Waals surface area (Å²) in [7, 11) is -10.6. The third-order valence-corrected chi connectivity index (χ3v) is 20.1. The van der Waals surface area contributed by atoms with E-state index in [0.717, 1.165) is 33.4 Å². The summed E-state index contributed by atoms with van der Waals surface area (Å²) >= 11 is 0. The van der Waals surface area contributed by atoms with Gasteiger partial charge < -0.3 is 27.8 Å². The van der Waals surface area contributed by atoms with Gasteiger partial charge in [0, 0.05) is 16.7 Å². The Labute approximate surface area is 365 Å². The zero-order valence-electron chi connectivity index (χ0n) is 34.6. The second-order valence-electron chi connectivity index (χ2n) is 15.8. The van der Waals surface area contributed by atoms with E-state index < -0.39 is 39.1 Å². The number of nitrogens with zero attached hydrogens (tertiary/aromatic N) is 3. The lowest BCUT2D eigenvalue weighted by Crippen LogP contribution is -2.29.